The molecule has 3 aromatic heterocycles. The standard InChI is InChI=1S/C14H15N7O/c1-3-22-14-16-4-9(5-17-14)21-8-11-10-6-18-20(2)13(10)15-7-12(11)19-21/h4-6,8,15H,3,7H2,1-2H3. The maximum absolute atomic E-state index is 5.25. The Morgan fingerprint density at radius 2 is 2.05 bits per heavy atom. The van der Waals surface area contributed by atoms with Crippen molar-refractivity contribution in [2.24, 2.45) is 7.05 Å². The van der Waals surface area contributed by atoms with Crippen molar-refractivity contribution >= 4 is 5.82 Å². The molecule has 1 aliphatic rings. The molecule has 1 N–H and O–H groups in total. The molecule has 4 rings (SSSR count). The summed E-state index contributed by atoms with van der Waals surface area (Å²) in [6, 6.07) is 0.374. The highest BCUT2D eigenvalue weighted by atomic mass is 16.5. The molecular weight excluding hydrogens is 282 g/mol. The molecule has 0 bridgehead atoms. The van der Waals surface area contributed by atoms with E-state index in [-0.39, 0.29) is 0 Å². The molecule has 4 heterocycles. The van der Waals surface area contributed by atoms with Crippen LogP contribution < -0.4 is 10.1 Å². The van der Waals surface area contributed by atoms with Gasteiger partial charge in [-0.1, -0.05) is 0 Å². The lowest BCUT2D eigenvalue weighted by Crippen LogP contribution is -2.10. The van der Waals surface area contributed by atoms with Crippen molar-refractivity contribution in [2.75, 3.05) is 11.9 Å². The van der Waals surface area contributed by atoms with E-state index in [1.807, 2.05) is 31.0 Å². The molecule has 0 unspecified atom stereocenters. The summed E-state index contributed by atoms with van der Waals surface area (Å²) in [5.74, 6) is 1.01. The van der Waals surface area contributed by atoms with Gasteiger partial charge in [0.1, 0.15) is 11.5 Å². The van der Waals surface area contributed by atoms with Gasteiger partial charge < -0.3 is 10.1 Å². The number of anilines is 1. The Kier molecular flexibility index (Phi) is 2.81. The van der Waals surface area contributed by atoms with Gasteiger partial charge in [0.15, 0.2) is 0 Å². The van der Waals surface area contributed by atoms with Crippen LogP contribution in [0.15, 0.2) is 24.8 Å². The Hall–Kier alpha value is -2.90. The summed E-state index contributed by atoms with van der Waals surface area (Å²) in [7, 11) is 1.92. The number of nitrogens with zero attached hydrogens (tertiary/aromatic N) is 6. The molecule has 112 valence electrons. The Balaban J connectivity index is 1.72. The number of aryl methyl sites for hydroxylation is 1. The fourth-order valence-electron chi connectivity index (χ4n) is 2.54. The largest absolute Gasteiger partial charge is 0.464 e. The molecule has 0 radical (unpaired) electrons. The number of aromatic nitrogens is 6. The van der Waals surface area contributed by atoms with Crippen LogP contribution in [0.2, 0.25) is 0 Å². The Labute approximate surface area is 126 Å². The normalized spacial score (nSPS) is 12.5. The molecule has 0 saturated carbocycles. The highest BCUT2D eigenvalue weighted by Crippen LogP contribution is 2.34. The zero-order valence-corrected chi connectivity index (χ0v) is 12.3. The van der Waals surface area contributed by atoms with Gasteiger partial charge in [-0.15, -0.1) is 0 Å². The van der Waals surface area contributed by atoms with E-state index in [9.17, 15) is 0 Å². The molecule has 0 saturated heterocycles. The van der Waals surface area contributed by atoms with Crippen LogP contribution in [-0.4, -0.2) is 36.1 Å². The highest BCUT2D eigenvalue weighted by molar-refractivity contribution is 5.79. The van der Waals surface area contributed by atoms with E-state index < -0.39 is 0 Å². The zero-order valence-electron chi connectivity index (χ0n) is 12.3. The first kappa shape index (κ1) is 12.8. The molecule has 8 heteroatoms. The summed E-state index contributed by atoms with van der Waals surface area (Å²) in [5, 5.41) is 12.2. The van der Waals surface area contributed by atoms with Crippen LogP contribution >= 0.6 is 0 Å². The maximum atomic E-state index is 5.25. The van der Waals surface area contributed by atoms with Gasteiger partial charge in [-0.05, 0) is 6.92 Å². The fraction of sp³-hybridized carbons (Fsp3) is 0.286. The Morgan fingerprint density at radius 1 is 1.23 bits per heavy atom. The third-order valence-corrected chi connectivity index (χ3v) is 3.60. The lowest BCUT2D eigenvalue weighted by atomic mass is 10.1. The molecule has 1 aliphatic heterocycles. The quantitative estimate of drug-likeness (QED) is 0.786. The van der Waals surface area contributed by atoms with E-state index in [1.54, 1.807) is 17.1 Å². The monoisotopic (exact) mass is 297 g/mol. The van der Waals surface area contributed by atoms with Crippen molar-refractivity contribution in [3.63, 3.8) is 0 Å². The summed E-state index contributed by atoms with van der Waals surface area (Å²) in [6.07, 6.45) is 7.23. The van der Waals surface area contributed by atoms with E-state index in [4.69, 9.17) is 4.74 Å². The van der Waals surface area contributed by atoms with Gasteiger partial charge in [0.05, 0.1) is 37.4 Å². The maximum Gasteiger partial charge on any atom is 0.316 e. The van der Waals surface area contributed by atoms with Crippen molar-refractivity contribution in [2.45, 2.75) is 13.5 Å². The smallest absolute Gasteiger partial charge is 0.316 e. The van der Waals surface area contributed by atoms with Crippen LogP contribution in [0.1, 0.15) is 12.6 Å². The Bertz CT molecular complexity index is 818. The van der Waals surface area contributed by atoms with Gasteiger partial charge >= 0.3 is 6.01 Å². The van der Waals surface area contributed by atoms with Crippen molar-refractivity contribution in [3.05, 3.63) is 30.5 Å². The third kappa shape index (κ3) is 1.92. The molecule has 0 atom stereocenters. The lowest BCUT2D eigenvalue weighted by molar-refractivity contribution is 0.312. The summed E-state index contributed by atoms with van der Waals surface area (Å²) in [6.45, 7) is 3.12. The summed E-state index contributed by atoms with van der Waals surface area (Å²) < 4.78 is 8.87. The van der Waals surface area contributed by atoms with E-state index in [0.717, 1.165) is 28.3 Å². The average Bonchev–Trinajstić information content (AvgIpc) is 3.12. The zero-order chi connectivity index (χ0) is 15.1. The number of rotatable bonds is 3. The second kappa shape index (κ2) is 4.83. The van der Waals surface area contributed by atoms with Crippen LogP contribution in [0.5, 0.6) is 6.01 Å². The van der Waals surface area contributed by atoms with Crippen molar-refractivity contribution in [1.29, 1.82) is 0 Å². The Morgan fingerprint density at radius 3 is 2.82 bits per heavy atom. The molecule has 22 heavy (non-hydrogen) atoms. The minimum atomic E-state index is 0.374. The van der Waals surface area contributed by atoms with E-state index in [1.165, 1.54) is 0 Å². The fourth-order valence-corrected chi connectivity index (χ4v) is 2.54. The molecule has 0 aromatic carbocycles. The topological polar surface area (TPSA) is 82.7 Å². The molecular formula is C14H15N7O. The van der Waals surface area contributed by atoms with Crippen LogP contribution in [0.25, 0.3) is 16.8 Å². The van der Waals surface area contributed by atoms with E-state index in [0.29, 0.717) is 19.2 Å². The molecule has 0 spiro atoms. The molecule has 3 aromatic rings. The summed E-state index contributed by atoms with van der Waals surface area (Å²) >= 11 is 0. The first-order valence-electron chi connectivity index (χ1n) is 7.06. The van der Waals surface area contributed by atoms with Gasteiger partial charge in [0.25, 0.3) is 0 Å². The van der Waals surface area contributed by atoms with Crippen LogP contribution in [-0.2, 0) is 13.6 Å². The molecule has 0 amide bonds. The second-order valence-corrected chi connectivity index (χ2v) is 4.97. The first-order valence-corrected chi connectivity index (χ1v) is 7.06. The van der Waals surface area contributed by atoms with Crippen molar-refractivity contribution in [3.8, 4) is 22.8 Å². The SMILES string of the molecule is CCOc1ncc(-n2cc3c(n2)CNc2c-3cnn2C)cn1. The molecule has 0 aliphatic carbocycles. The van der Waals surface area contributed by atoms with Gasteiger partial charge in [-0.3, -0.25) is 4.68 Å². The number of fused-ring (bicyclic) bond motifs is 3. The number of ether oxygens (including phenoxy) is 1. The predicted molar refractivity (Wildman–Crippen MR) is 79.9 cm³/mol. The minimum absolute atomic E-state index is 0.374. The summed E-state index contributed by atoms with van der Waals surface area (Å²) in [5.41, 5.74) is 3.91. The van der Waals surface area contributed by atoms with Crippen molar-refractivity contribution < 1.29 is 4.74 Å². The van der Waals surface area contributed by atoms with Crippen LogP contribution in [0.3, 0.4) is 0 Å². The molecule has 0 fully saturated rings. The number of hydrogen-bond donors (Lipinski definition) is 1. The lowest BCUT2D eigenvalue weighted by Gasteiger charge is -2.13. The number of hydrogen-bond acceptors (Lipinski definition) is 6. The molecule has 8 nitrogen and oxygen atoms in total. The van der Waals surface area contributed by atoms with Crippen LogP contribution in [0, 0.1) is 0 Å². The summed E-state index contributed by atoms with van der Waals surface area (Å²) in [4.78, 5) is 8.35. The average molecular weight is 297 g/mol. The second-order valence-electron chi connectivity index (χ2n) is 4.97. The first-order chi connectivity index (χ1) is 10.8. The van der Waals surface area contributed by atoms with Gasteiger partial charge in [-0.25, -0.2) is 14.6 Å². The van der Waals surface area contributed by atoms with Gasteiger partial charge in [0.2, 0.25) is 0 Å². The highest BCUT2D eigenvalue weighted by Gasteiger charge is 2.22. The predicted octanol–water partition coefficient (Wildman–Crippen LogP) is 1.39. The van der Waals surface area contributed by atoms with E-state index in [2.05, 4.69) is 25.5 Å². The van der Waals surface area contributed by atoms with Gasteiger partial charge in [0, 0.05) is 24.4 Å². The van der Waals surface area contributed by atoms with Gasteiger partial charge in [-0.2, -0.15) is 10.2 Å². The number of nitrogens with one attached hydrogen (secondary N) is 1. The third-order valence-electron chi connectivity index (χ3n) is 3.60. The van der Waals surface area contributed by atoms with Crippen molar-refractivity contribution in [1.82, 2.24) is 29.5 Å². The van der Waals surface area contributed by atoms with E-state index >= 15 is 0 Å². The van der Waals surface area contributed by atoms with Crippen LogP contribution in [0.4, 0.5) is 5.82 Å². The minimum Gasteiger partial charge on any atom is -0.464 e.